The summed E-state index contributed by atoms with van der Waals surface area (Å²) in [5, 5.41) is 7.52. The second-order valence-electron chi connectivity index (χ2n) is 4.46. The lowest BCUT2D eigenvalue weighted by molar-refractivity contribution is 0.0425. The molecule has 19 heavy (non-hydrogen) atoms. The molecule has 0 spiro atoms. The average Bonchev–Trinajstić information content (AvgIpc) is 2.93. The molecule has 0 radical (unpaired) electrons. The Hall–Kier alpha value is -1.88. The number of nitrogens with one attached hydrogen (secondary N) is 1. The molecule has 1 N–H and O–H groups in total. The van der Waals surface area contributed by atoms with Crippen molar-refractivity contribution < 1.29 is 19.0 Å². The van der Waals surface area contributed by atoms with Gasteiger partial charge in [0.15, 0.2) is 0 Å². The number of carbonyl (C=O) groups is 1. The van der Waals surface area contributed by atoms with Gasteiger partial charge in [-0.3, -0.25) is 5.41 Å². The van der Waals surface area contributed by atoms with E-state index in [2.05, 4.69) is 0 Å². The first-order valence-corrected chi connectivity index (χ1v) is 6.17. The fourth-order valence-electron chi connectivity index (χ4n) is 1.97. The summed E-state index contributed by atoms with van der Waals surface area (Å²) >= 11 is 0. The SMILES string of the molecule is COC(=N)[C@@H]1C[C@@H](COC(=O)c2ccccc2)CO1. The molecule has 0 bridgehead atoms. The zero-order valence-corrected chi connectivity index (χ0v) is 10.8. The normalized spacial score (nSPS) is 21.9. The molecule has 0 amide bonds. The number of hydrogen-bond acceptors (Lipinski definition) is 5. The van der Waals surface area contributed by atoms with E-state index in [0.717, 1.165) is 0 Å². The van der Waals surface area contributed by atoms with E-state index < -0.39 is 0 Å². The van der Waals surface area contributed by atoms with Gasteiger partial charge in [-0.2, -0.15) is 0 Å². The standard InChI is InChI=1S/C14H17NO4/c1-17-13(15)12-7-10(8-18-12)9-19-14(16)11-5-3-2-4-6-11/h2-6,10,12,15H,7-9H2,1H3/t10-,12+/m1/s1. The summed E-state index contributed by atoms with van der Waals surface area (Å²) in [7, 11) is 1.45. The molecule has 5 nitrogen and oxygen atoms in total. The molecule has 2 rings (SSSR count). The van der Waals surface area contributed by atoms with E-state index >= 15 is 0 Å². The van der Waals surface area contributed by atoms with E-state index in [0.29, 0.717) is 25.2 Å². The molecule has 1 heterocycles. The van der Waals surface area contributed by atoms with Crippen LogP contribution in [-0.4, -0.2) is 38.3 Å². The van der Waals surface area contributed by atoms with Gasteiger partial charge in [-0.1, -0.05) is 18.2 Å². The van der Waals surface area contributed by atoms with Crippen LogP contribution in [0.2, 0.25) is 0 Å². The van der Waals surface area contributed by atoms with Crippen molar-refractivity contribution >= 4 is 11.9 Å². The van der Waals surface area contributed by atoms with Gasteiger partial charge in [0.05, 0.1) is 25.9 Å². The summed E-state index contributed by atoms with van der Waals surface area (Å²) < 4.78 is 15.5. The molecule has 0 aliphatic carbocycles. The smallest absolute Gasteiger partial charge is 0.338 e. The van der Waals surface area contributed by atoms with Gasteiger partial charge >= 0.3 is 5.97 Å². The number of benzene rings is 1. The van der Waals surface area contributed by atoms with Gasteiger partial charge in [0.1, 0.15) is 6.10 Å². The maximum Gasteiger partial charge on any atom is 0.338 e. The summed E-state index contributed by atoms with van der Waals surface area (Å²) in [5.74, 6) is -0.0871. The van der Waals surface area contributed by atoms with Gasteiger partial charge in [0, 0.05) is 5.92 Å². The van der Waals surface area contributed by atoms with Crippen molar-refractivity contribution in [2.75, 3.05) is 20.3 Å². The van der Waals surface area contributed by atoms with Crippen molar-refractivity contribution in [3.8, 4) is 0 Å². The van der Waals surface area contributed by atoms with E-state index in [9.17, 15) is 4.79 Å². The molecule has 2 atom stereocenters. The van der Waals surface area contributed by atoms with Gasteiger partial charge in [0.25, 0.3) is 0 Å². The maximum atomic E-state index is 11.7. The molecule has 0 aromatic heterocycles. The van der Waals surface area contributed by atoms with Crippen LogP contribution in [0.15, 0.2) is 30.3 Å². The van der Waals surface area contributed by atoms with Crippen LogP contribution in [0.3, 0.4) is 0 Å². The number of ether oxygens (including phenoxy) is 3. The van der Waals surface area contributed by atoms with Crippen LogP contribution < -0.4 is 0 Å². The van der Waals surface area contributed by atoms with Crippen molar-refractivity contribution in [3.63, 3.8) is 0 Å². The molecule has 1 saturated heterocycles. The minimum absolute atomic E-state index is 0.119. The monoisotopic (exact) mass is 263 g/mol. The van der Waals surface area contributed by atoms with Crippen LogP contribution in [0.4, 0.5) is 0 Å². The van der Waals surface area contributed by atoms with E-state index in [1.54, 1.807) is 24.3 Å². The Labute approximate surface area is 112 Å². The second-order valence-corrected chi connectivity index (χ2v) is 4.46. The zero-order valence-electron chi connectivity index (χ0n) is 10.8. The minimum atomic E-state index is -0.328. The van der Waals surface area contributed by atoms with Crippen LogP contribution in [-0.2, 0) is 14.2 Å². The molecule has 1 aliphatic rings. The highest BCUT2D eigenvalue weighted by atomic mass is 16.5. The van der Waals surface area contributed by atoms with Crippen molar-refractivity contribution in [2.24, 2.45) is 5.92 Å². The highest BCUT2D eigenvalue weighted by Crippen LogP contribution is 2.21. The third kappa shape index (κ3) is 3.54. The molecule has 5 heteroatoms. The fraction of sp³-hybridized carbons (Fsp3) is 0.429. The Balaban J connectivity index is 1.78. The van der Waals surface area contributed by atoms with Crippen LogP contribution in [0.25, 0.3) is 0 Å². The Morgan fingerprint density at radius 1 is 1.42 bits per heavy atom. The predicted molar refractivity (Wildman–Crippen MR) is 69.3 cm³/mol. The van der Waals surface area contributed by atoms with Gasteiger partial charge in [-0.15, -0.1) is 0 Å². The summed E-state index contributed by atoms with van der Waals surface area (Å²) in [6.45, 7) is 0.791. The number of methoxy groups -OCH3 is 1. The second kappa shape index (κ2) is 6.33. The zero-order chi connectivity index (χ0) is 13.7. The summed E-state index contributed by atoms with van der Waals surface area (Å²) in [5.41, 5.74) is 0.544. The molecule has 0 saturated carbocycles. The van der Waals surface area contributed by atoms with Gasteiger partial charge in [-0.05, 0) is 18.6 Å². The summed E-state index contributed by atoms with van der Waals surface area (Å²) in [6.07, 6.45) is 0.333. The molecule has 1 aromatic carbocycles. The van der Waals surface area contributed by atoms with Crippen LogP contribution in [0, 0.1) is 11.3 Å². The minimum Gasteiger partial charge on any atom is -0.483 e. The molecular weight excluding hydrogens is 246 g/mol. The van der Waals surface area contributed by atoms with Gasteiger partial charge in [0.2, 0.25) is 5.90 Å². The highest BCUT2D eigenvalue weighted by Gasteiger charge is 2.30. The number of hydrogen-bond donors (Lipinski definition) is 1. The van der Waals surface area contributed by atoms with Gasteiger partial charge < -0.3 is 14.2 Å². The molecule has 102 valence electrons. The molecule has 0 unspecified atom stereocenters. The third-order valence-electron chi connectivity index (χ3n) is 3.05. The number of esters is 1. The van der Waals surface area contributed by atoms with E-state index in [4.69, 9.17) is 19.6 Å². The van der Waals surface area contributed by atoms with Crippen LogP contribution in [0.1, 0.15) is 16.8 Å². The van der Waals surface area contributed by atoms with Crippen molar-refractivity contribution in [3.05, 3.63) is 35.9 Å². The Morgan fingerprint density at radius 2 is 2.16 bits per heavy atom. The van der Waals surface area contributed by atoms with Crippen molar-refractivity contribution in [1.29, 1.82) is 5.41 Å². The summed E-state index contributed by atoms with van der Waals surface area (Å²) in [6, 6.07) is 8.88. The number of rotatable bonds is 4. The quantitative estimate of drug-likeness (QED) is 0.511. The lowest BCUT2D eigenvalue weighted by Crippen LogP contribution is -2.20. The lowest BCUT2D eigenvalue weighted by atomic mass is 10.1. The largest absolute Gasteiger partial charge is 0.483 e. The van der Waals surface area contributed by atoms with Crippen molar-refractivity contribution in [2.45, 2.75) is 12.5 Å². The van der Waals surface area contributed by atoms with Crippen LogP contribution in [0.5, 0.6) is 0 Å². The molecular formula is C14H17NO4. The van der Waals surface area contributed by atoms with Crippen LogP contribution >= 0.6 is 0 Å². The van der Waals surface area contributed by atoms with E-state index in [-0.39, 0.29) is 23.9 Å². The molecule has 1 aromatic rings. The predicted octanol–water partition coefficient (Wildman–Crippen LogP) is 1.87. The van der Waals surface area contributed by atoms with E-state index in [1.807, 2.05) is 6.07 Å². The first kappa shape index (κ1) is 13.5. The Bertz CT molecular complexity index is 446. The average molecular weight is 263 g/mol. The maximum absolute atomic E-state index is 11.7. The van der Waals surface area contributed by atoms with Gasteiger partial charge in [-0.25, -0.2) is 4.79 Å². The Kier molecular flexibility index (Phi) is 4.52. The topological polar surface area (TPSA) is 68.6 Å². The first-order valence-electron chi connectivity index (χ1n) is 6.17. The summed E-state index contributed by atoms with van der Waals surface area (Å²) in [4.78, 5) is 11.7. The molecule has 1 aliphatic heterocycles. The van der Waals surface area contributed by atoms with E-state index in [1.165, 1.54) is 7.11 Å². The first-order chi connectivity index (χ1) is 9.20. The fourth-order valence-corrected chi connectivity index (χ4v) is 1.97. The highest BCUT2D eigenvalue weighted by molar-refractivity contribution is 5.89. The Morgan fingerprint density at radius 3 is 2.84 bits per heavy atom. The third-order valence-corrected chi connectivity index (χ3v) is 3.05. The lowest BCUT2D eigenvalue weighted by Gasteiger charge is -2.10. The number of carbonyl (C=O) groups excluding carboxylic acids is 1. The molecule has 1 fully saturated rings. The van der Waals surface area contributed by atoms with Crippen molar-refractivity contribution in [1.82, 2.24) is 0 Å².